The largest absolute Gasteiger partial charge is 0.367 e. The standard InChI is InChI=1S/C11H17FN4/c1-8-10(12)11(16-7-15-8)14-6-4-9-3-2-5-13-9/h7,9,13H,2-6H2,1H3,(H,14,15,16). The van der Waals surface area contributed by atoms with E-state index >= 15 is 0 Å². The Balaban J connectivity index is 1.82. The van der Waals surface area contributed by atoms with Crippen molar-refractivity contribution in [3.63, 3.8) is 0 Å². The molecule has 0 saturated carbocycles. The number of hydrogen-bond acceptors (Lipinski definition) is 4. The number of aromatic nitrogens is 2. The number of anilines is 1. The number of hydrogen-bond donors (Lipinski definition) is 2. The summed E-state index contributed by atoms with van der Waals surface area (Å²) in [4.78, 5) is 7.67. The van der Waals surface area contributed by atoms with E-state index in [-0.39, 0.29) is 5.82 Å². The molecule has 2 rings (SSSR count). The number of aryl methyl sites for hydroxylation is 1. The van der Waals surface area contributed by atoms with E-state index in [4.69, 9.17) is 0 Å². The molecule has 1 atom stereocenters. The highest BCUT2D eigenvalue weighted by atomic mass is 19.1. The third kappa shape index (κ3) is 2.66. The third-order valence-electron chi connectivity index (χ3n) is 2.91. The third-order valence-corrected chi connectivity index (χ3v) is 2.91. The molecular formula is C11H17FN4. The minimum Gasteiger partial charge on any atom is -0.367 e. The summed E-state index contributed by atoms with van der Waals surface area (Å²) in [5.74, 6) is -0.0348. The molecule has 16 heavy (non-hydrogen) atoms. The van der Waals surface area contributed by atoms with E-state index in [1.165, 1.54) is 19.2 Å². The van der Waals surface area contributed by atoms with Crippen molar-refractivity contribution in [3.8, 4) is 0 Å². The summed E-state index contributed by atoms with van der Waals surface area (Å²) < 4.78 is 13.5. The Morgan fingerprint density at radius 3 is 3.19 bits per heavy atom. The second-order valence-corrected chi connectivity index (χ2v) is 4.13. The first-order valence-electron chi connectivity index (χ1n) is 5.71. The van der Waals surface area contributed by atoms with Gasteiger partial charge < -0.3 is 10.6 Å². The van der Waals surface area contributed by atoms with Crippen LogP contribution in [0.5, 0.6) is 0 Å². The van der Waals surface area contributed by atoms with Crippen LogP contribution in [0.3, 0.4) is 0 Å². The smallest absolute Gasteiger partial charge is 0.186 e. The first kappa shape index (κ1) is 11.3. The van der Waals surface area contributed by atoms with E-state index < -0.39 is 0 Å². The number of rotatable bonds is 4. The zero-order valence-corrected chi connectivity index (χ0v) is 9.46. The van der Waals surface area contributed by atoms with E-state index in [0.29, 0.717) is 17.6 Å². The second kappa shape index (κ2) is 5.21. The van der Waals surface area contributed by atoms with Crippen LogP contribution in [0.15, 0.2) is 6.33 Å². The molecular weight excluding hydrogens is 207 g/mol. The Morgan fingerprint density at radius 2 is 2.44 bits per heavy atom. The van der Waals surface area contributed by atoms with Gasteiger partial charge in [-0.2, -0.15) is 0 Å². The fourth-order valence-corrected chi connectivity index (χ4v) is 1.95. The summed E-state index contributed by atoms with van der Waals surface area (Å²) in [6, 6.07) is 0.568. The van der Waals surface area contributed by atoms with Crippen LogP contribution in [0.25, 0.3) is 0 Å². The van der Waals surface area contributed by atoms with Crippen LogP contribution in [-0.4, -0.2) is 29.1 Å². The monoisotopic (exact) mass is 224 g/mol. The predicted octanol–water partition coefficient (Wildman–Crippen LogP) is 1.48. The molecule has 2 heterocycles. The van der Waals surface area contributed by atoms with Crippen molar-refractivity contribution in [2.75, 3.05) is 18.4 Å². The lowest BCUT2D eigenvalue weighted by Gasteiger charge is -2.11. The van der Waals surface area contributed by atoms with Crippen molar-refractivity contribution in [2.24, 2.45) is 0 Å². The van der Waals surface area contributed by atoms with Gasteiger partial charge in [-0.25, -0.2) is 14.4 Å². The fraction of sp³-hybridized carbons (Fsp3) is 0.636. The lowest BCUT2D eigenvalue weighted by molar-refractivity contribution is 0.568. The number of nitrogens with one attached hydrogen (secondary N) is 2. The zero-order valence-electron chi connectivity index (χ0n) is 9.46. The van der Waals surface area contributed by atoms with Gasteiger partial charge >= 0.3 is 0 Å². The minimum atomic E-state index is -0.345. The maximum atomic E-state index is 13.5. The molecule has 1 fully saturated rings. The molecule has 1 aliphatic heterocycles. The number of halogens is 1. The van der Waals surface area contributed by atoms with E-state index in [1.807, 2.05) is 0 Å². The van der Waals surface area contributed by atoms with Gasteiger partial charge in [0.2, 0.25) is 0 Å². The average Bonchev–Trinajstić information content (AvgIpc) is 2.77. The molecule has 88 valence electrons. The summed E-state index contributed by atoms with van der Waals surface area (Å²) in [6.45, 7) is 3.48. The van der Waals surface area contributed by atoms with Crippen molar-refractivity contribution in [1.82, 2.24) is 15.3 Å². The minimum absolute atomic E-state index is 0.311. The molecule has 0 bridgehead atoms. The normalized spacial score (nSPS) is 20.0. The highest BCUT2D eigenvalue weighted by Crippen LogP contribution is 2.13. The summed E-state index contributed by atoms with van der Waals surface area (Å²) >= 11 is 0. The summed E-state index contributed by atoms with van der Waals surface area (Å²) in [5.41, 5.74) is 0.386. The van der Waals surface area contributed by atoms with Gasteiger partial charge in [-0.05, 0) is 32.7 Å². The van der Waals surface area contributed by atoms with Crippen molar-refractivity contribution < 1.29 is 4.39 Å². The molecule has 1 unspecified atom stereocenters. The molecule has 1 aliphatic rings. The molecule has 5 heteroatoms. The molecule has 1 aromatic rings. The Hall–Kier alpha value is -1.23. The van der Waals surface area contributed by atoms with Gasteiger partial charge in [-0.15, -0.1) is 0 Å². The molecule has 0 spiro atoms. The van der Waals surface area contributed by atoms with Gasteiger partial charge in [0.1, 0.15) is 6.33 Å². The van der Waals surface area contributed by atoms with Gasteiger partial charge in [0.15, 0.2) is 11.6 Å². The lowest BCUT2D eigenvalue weighted by Crippen LogP contribution is -2.24. The molecule has 0 amide bonds. The van der Waals surface area contributed by atoms with Gasteiger partial charge in [0, 0.05) is 12.6 Å². The molecule has 0 radical (unpaired) electrons. The quantitative estimate of drug-likeness (QED) is 0.813. The topological polar surface area (TPSA) is 49.8 Å². The van der Waals surface area contributed by atoms with Crippen LogP contribution in [-0.2, 0) is 0 Å². The Kier molecular flexibility index (Phi) is 3.66. The maximum absolute atomic E-state index is 13.5. The highest BCUT2D eigenvalue weighted by molar-refractivity contribution is 5.36. The SMILES string of the molecule is Cc1ncnc(NCCC2CCCN2)c1F. The molecule has 1 saturated heterocycles. The number of nitrogens with zero attached hydrogens (tertiary/aromatic N) is 2. The van der Waals surface area contributed by atoms with Crippen LogP contribution in [0.1, 0.15) is 25.0 Å². The first-order valence-corrected chi connectivity index (χ1v) is 5.71. The van der Waals surface area contributed by atoms with Gasteiger partial charge in [-0.1, -0.05) is 0 Å². The summed E-state index contributed by atoms with van der Waals surface area (Å²) in [7, 11) is 0. The maximum Gasteiger partial charge on any atom is 0.186 e. The Labute approximate surface area is 94.7 Å². The van der Waals surface area contributed by atoms with Crippen LogP contribution in [0.4, 0.5) is 10.2 Å². The van der Waals surface area contributed by atoms with Crippen molar-refractivity contribution in [3.05, 3.63) is 17.8 Å². The van der Waals surface area contributed by atoms with Gasteiger partial charge in [0.05, 0.1) is 5.69 Å². The highest BCUT2D eigenvalue weighted by Gasteiger charge is 2.13. The molecule has 2 N–H and O–H groups in total. The Bertz CT molecular complexity index is 350. The first-order chi connectivity index (χ1) is 7.77. The predicted molar refractivity (Wildman–Crippen MR) is 60.9 cm³/mol. The van der Waals surface area contributed by atoms with Crippen molar-refractivity contribution in [2.45, 2.75) is 32.2 Å². The summed E-state index contributed by atoms with van der Waals surface area (Å²) in [5, 5.41) is 6.42. The van der Waals surface area contributed by atoms with Gasteiger partial charge in [-0.3, -0.25) is 0 Å². The van der Waals surface area contributed by atoms with Crippen LogP contribution >= 0.6 is 0 Å². The second-order valence-electron chi connectivity index (χ2n) is 4.13. The van der Waals surface area contributed by atoms with E-state index in [2.05, 4.69) is 20.6 Å². The van der Waals surface area contributed by atoms with E-state index in [0.717, 1.165) is 19.5 Å². The molecule has 4 nitrogen and oxygen atoms in total. The molecule has 0 aliphatic carbocycles. The zero-order chi connectivity index (χ0) is 11.4. The van der Waals surface area contributed by atoms with Crippen molar-refractivity contribution >= 4 is 5.82 Å². The van der Waals surface area contributed by atoms with Crippen LogP contribution < -0.4 is 10.6 Å². The van der Waals surface area contributed by atoms with Crippen molar-refractivity contribution in [1.29, 1.82) is 0 Å². The fourth-order valence-electron chi connectivity index (χ4n) is 1.95. The van der Waals surface area contributed by atoms with E-state index in [1.54, 1.807) is 6.92 Å². The molecule has 1 aromatic heterocycles. The summed E-state index contributed by atoms with van der Waals surface area (Å²) in [6.07, 6.45) is 4.84. The Morgan fingerprint density at radius 1 is 1.56 bits per heavy atom. The van der Waals surface area contributed by atoms with Gasteiger partial charge in [0.25, 0.3) is 0 Å². The van der Waals surface area contributed by atoms with E-state index in [9.17, 15) is 4.39 Å². The van der Waals surface area contributed by atoms with Crippen LogP contribution in [0, 0.1) is 12.7 Å². The lowest BCUT2D eigenvalue weighted by atomic mass is 10.1. The molecule has 0 aromatic carbocycles. The average molecular weight is 224 g/mol. The van der Waals surface area contributed by atoms with Crippen LogP contribution in [0.2, 0.25) is 0 Å².